The van der Waals surface area contributed by atoms with E-state index in [0.717, 1.165) is 34.1 Å². The van der Waals surface area contributed by atoms with Gasteiger partial charge in [0.1, 0.15) is 23.0 Å². The maximum absolute atomic E-state index is 5.89. The zero-order chi connectivity index (χ0) is 17.6. The average molecular weight is 334 g/mol. The van der Waals surface area contributed by atoms with Crippen LogP contribution < -0.4 is 14.2 Å². The molecule has 3 nitrogen and oxygen atoms in total. The van der Waals surface area contributed by atoms with E-state index >= 15 is 0 Å². The van der Waals surface area contributed by atoms with Crippen LogP contribution >= 0.6 is 0 Å². The number of hydrogen-bond donors (Lipinski definition) is 0. The molecule has 0 aliphatic rings. The van der Waals surface area contributed by atoms with Gasteiger partial charge in [0.05, 0.1) is 13.2 Å². The summed E-state index contributed by atoms with van der Waals surface area (Å²) in [5.74, 6) is 3.29. The van der Waals surface area contributed by atoms with Crippen molar-refractivity contribution in [3.05, 3.63) is 72.8 Å². The Bertz CT molecular complexity index is 788. The fourth-order valence-corrected chi connectivity index (χ4v) is 2.49. The summed E-state index contributed by atoms with van der Waals surface area (Å²) in [4.78, 5) is 0. The Morgan fingerprint density at radius 3 is 1.40 bits per heavy atom. The van der Waals surface area contributed by atoms with E-state index in [1.165, 1.54) is 0 Å². The van der Waals surface area contributed by atoms with Crippen molar-refractivity contribution in [1.82, 2.24) is 0 Å². The second-order valence-electron chi connectivity index (χ2n) is 5.99. The molecule has 0 saturated heterocycles. The van der Waals surface area contributed by atoms with Crippen LogP contribution in [0.5, 0.6) is 23.0 Å². The third-order valence-corrected chi connectivity index (χ3v) is 3.71. The van der Waals surface area contributed by atoms with Crippen molar-refractivity contribution in [3.63, 3.8) is 0 Å². The molecule has 0 unspecified atom stereocenters. The fraction of sp³-hybridized carbons (Fsp3) is 0.182. The zero-order valence-electron chi connectivity index (χ0n) is 14.7. The first kappa shape index (κ1) is 16.9. The minimum Gasteiger partial charge on any atom is -0.497 e. The third kappa shape index (κ3) is 4.54. The lowest BCUT2D eigenvalue weighted by atomic mass is 10.1. The Hall–Kier alpha value is -2.94. The van der Waals surface area contributed by atoms with Gasteiger partial charge in [0.25, 0.3) is 0 Å². The Morgan fingerprint density at radius 1 is 0.560 bits per heavy atom. The summed E-state index contributed by atoms with van der Waals surface area (Å²) in [7, 11) is 1.67. The lowest BCUT2D eigenvalue weighted by molar-refractivity contribution is 0.242. The number of ether oxygens (including phenoxy) is 3. The summed E-state index contributed by atoms with van der Waals surface area (Å²) in [6.07, 6.45) is 0.164. The maximum Gasteiger partial charge on any atom is 0.127 e. The molecule has 3 aromatic rings. The van der Waals surface area contributed by atoms with Gasteiger partial charge in [-0.25, -0.2) is 0 Å². The van der Waals surface area contributed by atoms with Gasteiger partial charge >= 0.3 is 0 Å². The lowest BCUT2D eigenvalue weighted by Gasteiger charge is -2.11. The van der Waals surface area contributed by atoms with E-state index in [9.17, 15) is 0 Å². The van der Waals surface area contributed by atoms with E-state index < -0.39 is 0 Å². The van der Waals surface area contributed by atoms with Gasteiger partial charge in [0.2, 0.25) is 0 Å². The lowest BCUT2D eigenvalue weighted by Crippen LogP contribution is -2.05. The highest BCUT2D eigenvalue weighted by Crippen LogP contribution is 2.28. The molecular weight excluding hydrogens is 312 g/mol. The molecule has 0 radical (unpaired) electrons. The van der Waals surface area contributed by atoms with Gasteiger partial charge in [-0.1, -0.05) is 24.3 Å². The standard InChI is InChI=1S/C22H22O3/c1-16(2)24-20-12-14-22(15-13-20)25-21-10-6-18(7-11-21)17-4-8-19(23-3)9-5-17/h4-16H,1-3H3. The average Bonchev–Trinajstić information content (AvgIpc) is 2.64. The van der Waals surface area contributed by atoms with Crippen LogP contribution in [0.2, 0.25) is 0 Å². The summed E-state index contributed by atoms with van der Waals surface area (Å²) in [5, 5.41) is 0. The second kappa shape index (κ2) is 7.75. The van der Waals surface area contributed by atoms with Gasteiger partial charge in [0.15, 0.2) is 0 Å². The monoisotopic (exact) mass is 334 g/mol. The van der Waals surface area contributed by atoms with Gasteiger partial charge in [-0.05, 0) is 73.5 Å². The van der Waals surface area contributed by atoms with E-state index in [4.69, 9.17) is 14.2 Å². The summed E-state index contributed by atoms with van der Waals surface area (Å²) in [6, 6.07) is 23.7. The summed E-state index contributed by atoms with van der Waals surface area (Å²) in [5.41, 5.74) is 2.28. The van der Waals surface area contributed by atoms with Gasteiger partial charge in [-0.3, -0.25) is 0 Å². The predicted octanol–water partition coefficient (Wildman–Crippen LogP) is 5.94. The molecule has 0 aliphatic heterocycles. The summed E-state index contributed by atoms with van der Waals surface area (Å²) < 4.78 is 16.7. The van der Waals surface area contributed by atoms with E-state index in [1.807, 2.05) is 86.6 Å². The van der Waals surface area contributed by atoms with Gasteiger partial charge < -0.3 is 14.2 Å². The Kier molecular flexibility index (Phi) is 5.24. The molecule has 3 rings (SSSR count). The normalized spacial score (nSPS) is 10.6. The Labute approximate surface area is 148 Å². The van der Waals surface area contributed by atoms with E-state index in [-0.39, 0.29) is 6.10 Å². The molecule has 3 heteroatoms. The molecule has 0 amide bonds. The third-order valence-electron chi connectivity index (χ3n) is 3.71. The molecule has 25 heavy (non-hydrogen) atoms. The number of rotatable bonds is 6. The second-order valence-corrected chi connectivity index (χ2v) is 5.99. The highest BCUT2D eigenvalue weighted by Gasteiger charge is 2.02. The van der Waals surface area contributed by atoms with Gasteiger partial charge in [-0.15, -0.1) is 0 Å². The van der Waals surface area contributed by atoms with Crippen molar-refractivity contribution < 1.29 is 14.2 Å². The fourth-order valence-electron chi connectivity index (χ4n) is 2.49. The van der Waals surface area contributed by atoms with Crippen molar-refractivity contribution in [2.24, 2.45) is 0 Å². The quantitative estimate of drug-likeness (QED) is 0.558. The van der Waals surface area contributed by atoms with Crippen LogP contribution in [0.1, 0.15) is 13.8 Å². The molecule has 0 fully saturated rings. The van der Waals surface area contributed by atoms with Crippen LogP contribution in [0.3, 0.4) is 0 Å². The van der Waals surface area contributed by atoms with E-state index in [1.54, 1.807) is 7.11 Å². The molecule has 0 heterocycles. The molecular formula is C22H22O3. The van der Waals surface area contributed by atoms with Crippen molar-refractivity contribution in [1.29, 1.82) is 0 Å². The minimum absolute atomic E-state index is 0.164. The van der Waals surface area contributed by atoms with Crippen molar-refractivity contribution in [2.75, 3.05) is 7.11 Å². The molecule has 0 bridgehead atoms. The first-order valence-corrected chi connectivity index (χ1v) is 8.33. The molecule has 0 saturated carbocycles. The molecule has 0 N–H and O–H groups in total. The van der Waals surface area contributed by atoms with Crippen molar-refractivity contribution in [3.8, 4) is 34.1 Å². The zero-order valence-corrected chi connectivity index (χ0v) is 14.7. The van der Waals surface area contributed by atoms with Crippen LogP contribution in [0.4, 0.5) is 0 Å². The largest absolute Gasteiger partial charge is 0.497 e. The smallest absolute Gasteiger partial charge is 0.127 e. The van der Waals surface area contributed by atoms with Gasteiger partial charge in [0, 0.05) is 0 Å². The number of benzene rings is 3. The van der Waals surface area contributed by atoms with Gasteiger partial charge in [-0.2, -0.15) is 0 Å². The SMILES string of the molecule is COc1ccc(-c2ccc(Oc3ccc(OC(C)C)cc3)cc2)cc1. The summed E-state index contributed by atoms with van der Waals surface area (Å²) in [6.45, 7) is 4.02. The Morgan fingerprint density at radius 2 is 0.960 bits per heavy atom. The van der Waals surface area contributed by atoms with Crippen LogP contribution in [0, 0.1) is 0 Å². The topological polar surface area (TPSA) is 27.7 Å². The first-order valence-electron chi connectivity index (χ1n) is 8.33. The summed E-state index contributed by atoms with van der Waals surface area (Å²) >= 11 is 0. The molecule has 3 aromatic carbocycles. The molecule has 0 aromatic heterocycles. The molecule has 0 atom stereocenters. The first-order chi connectivity index (χ1) is 12.1. The number of hydrogen-bond acceptors (Lipinski definition) is 3. The molecule has 128 valence electrons. The molecule has 0 spiro atoms. The van der Waals surface area contributed by atoms with E-state index in [2.05, 4.69) is 0 Å². The van der Waals surface area contributed by atoms with Crippen LogP contribution in [0.25, 0.3) is 11.1 Å². The van der Waals surface area contributed by atoms with E-state index in [0.29, 0.717) is 0 Å². The van der Waals surface area contributed by atoms with Crippen molar-refractivity contribution in [2.45, 2.75) is 20.0 Å². The van der Waals surface area contributed by atoms with Crippen molar-refractivity contribution >= 4 is 0 Å². The Balaban J connectivity index is 1.67. The number of methoxy groups -OCH3 is 1. The van der Waals surface area contributed by atoms with Crippen LogP contribution in [0.15, 0.2) is 72.8 Å². The van der Waals surface area contributed by atoms with Crippen LogP contribution in [-0.2, 0) is 0 Å². The predicted molar refractivity (Wildman–Crippen MR) is 101 cm³/mol. The maximum atomic E-state index is 5.89. The molecule has 0 aliphatic carbocycles. The highest BCUT2D eigenvalue weighted by atomic mass is 16.5. The highest BCUT2D eigenvalue weighted by molar-refractivity contribution is 5.65. The van der Waals surface area contributed by atoms with Crippen LogP contribution in [-0.4, -0.2) is 13.2 Å². The minimum atomic E-state index is 0.164.